The average Bonchev–Trinajstić information content (AvgIpc) is 1.90. The Kier molecular flexibility index (Phi) is 1.38. The summed E-state index contributed by atoms with van der Waals surface area (Å²) in [5, 5.41) is 9.94. The highest BCUT2D eigenvalue weighted by molar-refractivity contribution is 5.44. The van der Waals surface area contributed by atoms with Gasteiger partial charge in [-0.3, -0.25) is 10.1 Å². The number of nitro groups is 1. The van der Waals surface area contributed by atoms with Crippen LogP contribution in [0, 0.1) is 10.1 Å². The molecule has 5 nitrogen and oxygen atoms in total. The van der Waals surface area contributed by atoms with Gasteiger partial charge in [0.2, 0.25) is 0 Å². The van der Waals surface area contributed by atoms with E-state index in [4.69, 9.17) is 0 Å². The van der Waals surface area contributed by atoms with Crippen molar-refractivity contribution >= 4 is 6.01 Å². The lowest BCUT2D eigenvalue weighted by Crippen LogP contribution is -2.02. The molecule has 1 aliphatic heterocycles. The van der Waals surface area contributed by atoms with Gasteiger partial charge >= 0.3 is 0 Å². The Balaban J connectivity index is 2.78. The number of aliphatic imine (C=N–C) groups is 2. The lowest BCUT2D eigenvalue weighted by atomic mass is 10.5. The highest BCUT2D eigenvalue weighted by atomic mass is 16.6. The van der Waals surface area contributed by atoms with E-state index in [1.165, 1.54) is 0 Å². The number of hydrogen-bond acceptors (Lipinski definition) is 4. The van der Waals surface area contributed by atoms with Crippen LogP contribution >= 0.6 is 0 Å². The second-order valence-electron chi connectivity index (χ2n) is 1.42. The first-order chi connectivity index (χ1) is 4.30. The van der Waals surface area contributed by atoms with Gasteiger partial charge in [0.1, 0.15) is 12.7 Å². The highest BCUT2D eigenvalue weighted by Crippen LogP contribution is 1.98. The standard InChI is InChI=1S/C4H3N3O2/c8-7(9)4-1-5-3-6-2-4/h1H,2H2. The maximum absolute atomic E-state index is 9.94. The second-order valence-corrected chi connectivity index (χ2v) is 1.42. The fraction of sp³-hybridized carbons (Fsp3) is 0.250. The van der Waals surface area contributed by atoms with Crippen LogP contribution in [0.5, 0.6) is 0 Å². The Morgan fingerprint density at radius 2 is 2.67 bits per heavy atom. The van der Waals surface area contributed by atoms with E-state index in [-0.39, 0.29) is 12.2 Å². The molecule has 0 bridgehead atoms. The lowest BCUT2D eigenvalue weighted by molar-refractivity contribution is -0.425. The van der Waals surface area contributed by atoms with Crippen LogP contribution < -0.4 is 0 Å². The van der Waals surface area contributed by atoms with Crippen LogP contribution in [-0.2, 0) is 0 Å². The first-order valence-electron chi connectivity index (χ1n) is 2.25. The molecule has 0 aromatic rings. The van der Waals surface area contributed by atoms with Gasteiger partial charge in [-0.05, 0) is 0 Å². The van der Waals surface area contributed by atoms with E-state index < -0.39 is 4.92 Å². The summed E-state index contributed by atoms with van der Waals surface area (Å²) in [6, 6.07) is 2.24. The van der Waals surface area contributed by atoms with Gasteiger partial charge in [-0.15, -0.1) is 0 Å². The Morgan fingerprint density at radius 1 is 1.89 bits per heavy atom. The largest absolute Gasteiger partial charge is 0.287 e. The van der Waals surface area contributed by atoms with Crippen molar-refractivity contribution in [2.24, 2.45) is 9.98 Å². The van der Waals surface area contributed by atoms with E-state index in [0.29, 0.717) is 0 Å². The van der Waals surface area contributed by atoms with E-state index in [1.54, 1.807) is 0 Å². The lowest BCUT2D eigenvalue weighted by Gasteiger charge is -1.90. The van der Waals surface area contributed by atoms with Crippen molar-refractivity contribution in [1.29, 1.82) is 0 Å². The number of hydrogen-bond donors (Lipinski definition) is 0. The molecule has 0 unspecified atom stereocenters. The first kappa shape index (κ1) is 5.65. The monoisotopic (exact) mass is 125 g/mol. The van der Waals surface area contributed by atoms with Crippen molar-refractivity contribution < 1.29 is 4.92 Å². The summed E-state index contributed by atoms with van der Waals surface area (Å²) < 4.78 is 0. The van der Waals surface area contributed by atoms with E-state index in [9.17, 15) is 10.1 Å². The summed E-state index contributed by atoms with van der Waals surface area (Å²) in [5.41, 5.74) is 0.00810. The molecule has 0 fully saturated rings. The predicted molar refractivity (Wildman–Crippen MR) is 29.8 cm³/mol. The van der Waals surface area contributed by atoms with Crippen LogP contribution in [0.1, 0.15) is 0 Å². The third-order valence-corrected chi connectivity index (χ3v) is 0.818. The van der Waals surface area contributed by atoms with Crippen molar-refractivity contribution in [1.82, 2.24) is 0 Å². The Hall–Kier alpha value is -1.48. The summed E-state index contributed by atoms with van der Waals surface area (Å²) in [6.45, 7) is 0.0799. The molecule has 9 heavy (non-hydrogen) atoms. The van der Waals surface area contributed by atoms with Crippen LogP contribution in [0.3, 0.4) is 0 Å². The molecule has 0 N–H and O–H groups in total. The minimum atomic E-state index is -0.506. The molecule has 0 spiro atoms. The quantitative estimate of drug-likeness (QED) is 0.373. The van der Waals surface area contributed by atoms with E-state index in [1.807, 2.05) is 0 Å². The van der Waals surface area contributed by atoms with E-state index >= 15 is 0 Å². The molecule has 1 rings (SSSR count). The molecule has 0 amide bonds. The van der Waals surface area contributed by atoms with Gasteiger partial charge in [-0.25, -0.2) is 4.99 Å². The highest BCUT2D eigenvalue weighted by Gasteiger charge is 2.09. The fourth-order valence-corrected chi connectivity index (χ4v) is 0.406. The molecule has 0 aromatic carbocycles. The molecule has 46 valence electrons. The molecule has 0 saturated heterocycles. The van der Waals surface area contributed by atoms with Crippen molar-refractivity contribution in [3.63, 3.8) is 0 Å². The molecule has 0 aliphatic carbocycles. The molecule has 0 atom stereocenters. The Labute approximate surface area is 50.6 Å². The van der Waals surface area contributed by atoms with Crippen molar-refractivity contribution in [3.05, 3.63) is 22.0 Å². The van der Waals surface area contributed by atoms with Crippen molar-refractivity contribution in [2.75, 3.05) is 6.54 Å². The summed E-state index contributed by atoms with van der Waals surface area (Å²) in [4.78, 5) is 16.3. The topological polar surface area (TPSA) is 67.9 Å². The Morgan fingerprint density at radius 3 is 3.00 bits per heavy atom. The molecule has 0 saturated carbocycles. The molecular weight excluding hydrogens is 122 g/mol. The Bertz CT molecular complexity index is 224. The summed E-state index contributed by atoms with van der Waals surface area (Å²) in [7, 11) is 0. The third kappa shape index (κ3) is 1.20. The van der Waals surface area contributed by atoms with Crippen LogP contribution in [0.15, 0.2) is 21.9 Å². The average molecular weight is 125 g/mol. The van der Waals surface area contributed by atoms with Crippen molar-refractivity contribution in [2.45, 2.75) is 0 Å². The zero-order chi connectivity index (χ0) is 6.69. The summed E-state index contributed by atoms with van der Waals surface area (Å²) >= 11 is 0. The van der Waals surface area contributed by atoms with Crippen LogP contribution in [0.2, 0.25) is 0 Å². The molecule has 1 heterocycles. The third-order valence-electron chi connectivity index (χ3n) is 0.818. The fourth-order valence-electron chi connectivity index (χ4n) is 0.406. The first-order valence-corrected chi connectivity index (χ1v) is 2.25. The minimum absolute atomic E-state index is 0.00810. The summed E-state index contributed by atoms with van der Waals surface area (Å²) in [6.07, 6.45) is 1.15. The molecule has 5 heteroatoms. The van der Waals surface area contributed by atoms with Gasteiger partial charge in [0, 0.05) is 0 Å². The SMILES string of the molecule is O=[N+]([O-])C1=CN=C=NC1. The van der Waals surface area contributed by atoms with Gasteiger partial charge in [0.15, 0.2) is 0 Å². The number of rotatable bonds is 1. The van der Waals surface area contributed by atoms with Crippen LogP contribution in [-0.4, -0.2) is 17.5 Å². The molecular formula is C4H3N3O2. The number of nitrogens with zero attached hydrogens (tertiary/aromatic N) is 3. The zero-order valence-corrected chi connectivity index (χ0v) is 4.44. The smallest absolute Gasteiger partial charge is 0.259 e. The normalized spacial score (nSPS) is 15.3. The maximum Gasteiger partial charge on any atom is 0.287 e. The van der Waals surface area contributed by atoms with E-state index in [2.05, 4.69) is 16.0 Å². The van der Waals surface area contributed by atoms with Gasteiger partial charge in [-0.1, -0.05) is 0 Å². The van der Waals surface area contributed by atoms with Crippen LogP contribution in [0.25, 0.3) is 0 Å². The van der Waals surface area contributed by atoms with Gasteiger partial charge in [-0.2, -0.15) is 4.99 Å². The molecule has 1 aliphatic rings. The maximum atomic E-state index is 9.94. The van der Waals surface area contributed by atoms with Gasteiger partial charge in [0.25, 0.3) is 5.70 Å². The predicted octanol–water partition coefficient (Wildman–Crippen LogP) is 0.292. The molecule has 0 radical (unpaired) electrons. The second kappa shape index (κ2) is 2.19. The van der Waals surface area contributed by atoms with E-state index in [0.717, 1.165) is 6.20 Å². The minimum Gasteiger partial charge on any atom is -0.259 e. The van der Waals surface area contributed by atoms with Gasteiger partial charge in [0.05, 0.1) is 10.9 Å². The van der Waals surface area contributed by atoms with Gasteiger partial charge < -0.3 is 0 Å². The molecule has 0 aromatic heterocycles. The zero-order valence-electron chi connectivity index (χ0n) is 4.44. The van der Waals surface area contributed by atoms with Crippen molar-refractivity contribution in [3.8, 4) is 0 Å². The summed E-state index contributed by atoms with van der Waals surface area (Å²) in [5.74, 6) is 0. The van der Waals surface area contributed by atoms with Crippen LogP contribution in [0.4, 0.5) is 0 Å².